The first-order chi connectivity index (χ1) is 13.1. The van der Waals surface area contributed by atoms with Crippen LogP contribution in [0.3, 0.4) is 0 Å². The molecule has 5 nitrogen and oxygen atoms in total. The molecule has 27 heavy (non-hydrogen) atoms. The normalized spacial score (nSPS) is 10.6. The molecule has 0 unspecified atom stereocenters. The van der Waals surface area contributed by atoms with Gasteiger partial charge in [-0.25, -0.2) is 4.79 Å². The SMILES string of the molecule is CCOC(=O)C(=O)c1cc(OC)c(O)c2c(Cc3ccccc3)cccc12. The summed E-state index contributed by atoms with van der Waals surface area (Å²) in [6, 6.07) is 16.6. The van der Waals surface area contributed by atoms with Crippen LogP contribution < -0.4 is 4.74 Å². The van der Waals surface area contributed by atoms with Crippen LogP contribution in [0.15, 0.2) is 54.6 Å². The third-order valence-corrected chi connectivity index (χ3v) is 4.35. The molecule has 0 spiro atoms. The number of methoxy groups -OCH3 is 1. The topological polar surface area (TPSA) is 72.8 Å². The molecule has 0 aliphatic heterocycles. The van der Waals surface area contributed by atoms with Crippen molar-refractivity contribution in [3.63, 3.8) is 0 Å². The van der Waals surface area contributed by atoms with E-state index >= 15 is 0 Å². The van der Waals surface area contributed by atoms with Gasteiger partial charge in [-0.05, 0) is 35.9 Å². The van der Waals surface area contributed by atoms with Crippen LogP contribution in [0.2, 0.25) is 0 Å². The minimum atomic E-state index is -0.931. The predicted molar refractivity (Wildman–Crippen MR) is 102 cm³/mol. The molecule has 0 amide bonds. The summed E-state index contributed by atoms with van der Waals surface area (Å²) in [4.78, 5) is 24.6. The average molecular weight is 364 g/mol. The quantitative estimate of drug-likeness (QED) is 0.408. The van der Waals surface area contributed by atoms with Gasteiger partial charge < -0.3 is 14.6 Å². The Hall–Kier alpha value is -3.34. The Bertz CT molecular complexity index is 993. The van der Waals surface area contributed by atoms with Crippen molar-refractivity contribution in [2.45, 2.75) is 13.3 Å². The third kappa shape index (κ3) is 3.62. The number of ether oxygens (including phenoxy) is 2. The van der Waals surface area contributed by atoms with E-state index in [1.807, 2.05) is 36.4 Å². The molecule has 0 aromatic heterocycles. The van der Waals surface area contributed by atoms with E-state index in [4.69, 9.17) is 9.47 Å². The molecular weight excluding hydrogens is 344 g/mol. The van der Waals surface area contributed by atoms with Crippen molar-refractivity contribution >= 4 is 22.5 Å². The number of carbonyl (C=O) groups excluding carboxylic acids is 2. The summed E-state index contributed by atoms with van der Waals surface area (Å²) in [5, 5.41) is 11.7. The zero-order valence-electron chi connectivity index (χ0n) is 15.2. The highest BCUT2D eigenvalue weighted by molar-refractivity contribution is 6.43. The fourth-order valence-electron chi connectivity index (χ4n) is 3.12. The molecule has 3 aromatic carbocycles. The minimum Gasteiger partial charge on any atom is -0.504 e. The number of esters is 1. The van der Waals surface area contributed by atoms with Crippen LogP contribution in [0, 0.1) is 0 Å². The van der Waals surface area contributed by atoms with Gasteiger partial charge in [-0.3, -0.25) is 4.79 Å². The molecule has 0 bridgehead atoms. The van der Waals surface area contributed by atoms with Crippen molar-refractivity contribution in [1.82, 2.24) is 0 Å². The van der Waals surface area contributed by atoms with Gasteiger partial charge >= 0.3 is 5.97 Å². The number of rotatable bonds is 6. The number of ketones is 1. The molecule has 5 heteroatoms. The van der Waals surface area contributed by atoms with E-state index in [1.165, 1.54) is 13.2 Å². The van der Waals surface area contributed by atoms with Crippen LogP contribution >= 0.6 is 0 Å². The Kier molecular flexibility index (Phi) is 5.41. The molecule has 0 fully saturated rings. The van der Waals surface area contributed by atoms with Crippen molar-refractivity contribution in [3.05, 3.63) is 71.3 Å². The lowest BCUT2D eigenvalue weighted by molar-refractivity contribution is -0.137. The van der Waals surface area contributed by atoms with Crippen molar-refractivity contribution < 1.29 is 24.2 Å². The molecule has 3 aromatic rings. The lowest BCUT2D eigenvalue weighted by atomic mass is 9.93. The number of fused-ring (bicyclic) bond motifs is 1. The summed E-state index contributed by atoms with van der Waals surface area (Å²) in [7, 11) is 1.40. The van der Waals surface area contributed by atoms with Gasteiger partial charge in [-0.2, -0.15) is 0 Å². The number of phenolic OH excluding ortho intramolecular Hbond substituents is 1. The Morgan fingerprint density at radius 1 is 1.04 bits per heavy atom. The van der Waals surface area contributed by atoms with Crippen LogP contribution in [0.1, 0.15) is 28.4 Å². The third-order valence-electron chi connectivity index (χ3n) is 4.35. The summed E-state index contributed by atoms with van der Waals surface area (Å²) in [5.41, 5.74) is 2.03. The summed E-state index contributed by atoms with van der Waals surface area (Å²) < 4.78 is 10.1. The van der Waals surface area contributed by atoms with Gasteiger partial charge in [-0.15, -0.1) is 0 Å². The van der Waals surface area contributed by atoms with Gasteiger partial charge in [0.25, 0.3) is 5.78 Å². The predicted octanol–water partition coefficient (Wildman–Crippen LogP) is 3.89. The number of aromatic hydroxyl groups is 1. The first kappa shape index (κ1) is 18.5. The highest BCUT2D eigenvalue weighted by Gasteiger charge is 2.24. The fraction of sp³-hybridized carbons (Fsp3) is 0.182. The second-order valence-electron chi connectivity index (χ2n) is 6.03. The maximum absolute atomic E-state index is 12.6. The maximum atomic E-state index is 12.6. The summed E-state index contributed by atoms with van der Waals surface area (Å²) in [6.07, 6.45) is 0.561. The van der Waals surface area contributed by atoms with E-state index < -0.39 is 11.8 Å². The Morgan fingerprint density at radius 2 is 1.78 bits per heavy atom. The molecule has 1 N–H and O–H groups in total. The smallest absolute Gasteiger partial charge is 0.379 e. The van der Waals surface area contributed by atoms with Crippen LogP contribution in [-0.2, 0) is 16.0 Å². The zero-order chi connectivity index (χ0) is 19.4. The number of Topliss-reactive ketones (excluding diaryl/α,β-unsaturated/α-hetero) is 1. The molecule has 3 rings (SSSR count). The maximum Gasteiger partial charge on any atom is 0.379 e. The largest absolute Gasteiger partial charge is 0.504 e. The second-order valence-corrected chi connectivity index (χ2v) is 6.03. The van der Waals surface area contributed by atoms with E-state index in [2.05, 4.69) is 0 Å². The van der Waals surface area contributed by atoms with Crippen molar-refractivity contribution in [2.24, 2.45) is 0 Å². The van der Waals surface area contributed by atoms with Crippen LogP contribution in [-0.4, -0.2) is 30.6 Å². The zero-order valence-corrected chi connectivity index (χ0v) is 15.2. The van der Waals surface area contributed by atoms with Crippen LogP contribution in [0.5, 0.6) is 11.5 Å². The lowest BCUT2D eigenvalue weighted by Gasteiger charge is -2.14. The number of phenols is 1. The van der Waals surface area contributed by atoms with Crippen LogP contribution in [0.4, 0.5) is 0 Å². The van der Waals surface area contributed by atoms with Gasteiger partial charge in [0.1, 0.15) is 0 Å². The minimum absolute atomic E-state index is 0.0561. The number of benzene rings is 3. The molecule has 0 aliphatic carbocycles. The van der Waals surface area contributed by atoms with Crippen molar-refractivity contribution in [3.8, 4) is 11.5 Å². The number of carbonyl (C=O) groups is 2. The number of hydrogen-bond donors (Lipinski definition) is 1. The molecule has 0 aliphatic rings. The highest BCUT2D eigenvalue weighted by atomic mass is 16.5. The summed E-state index contributed by atoms with van der Waals surface area (Å²) >= 11 is 0. The van der Waals surface area contributed by atoms with E-state index in [1.54, 1.807) is 19.1 Å². The molecule has 0 saturated carbocycles. The highest BCUT2D eigenvalue weighted by Crippen LogP contribution is 2.39. The monoisotopic (exact) mass is 364 g/mol. The van der Waals surface area contributed by atoms with Gasteiger partial charge in [0.2, 0.25) is 0 Å². The van der Waals surface area contributed by atoms with E-state index in [-0.39, 0.29) is 23.7 Å². The lowest BCUT2D eigenvalue weighted by Crippen LogP contribution is -2.18. The molecule has 0 radical (unpaired) electrons. The molecular formula is C22H20O5. The molecule has 0 heterocycles. The summed E-state index contributed by atoms with van der Waals surface area (Å²) in [6.45, 7) is 1.75. The first-order valence-corrected chi connectivity index (χ1v) is 8.63. The van der Waals surface area contributed by atoms with E-state index in [0.717, 1.165) is 11.1 Å². The van der Waals surface area contributed by atoms with Crippen molar-refractivity contribution in [1.29, 1.82) is 0 Å². The van der Waals surface area contributed by atoms with Gasteiger partial charge in [0, 0.05) is 10.9 Å². The average Bonchev–Trinajstić information content (AvgIpc) is 2.69. The van der Waals surface area contributed by atoms with Crippen LogP contribution in [0.25, 0.3) is 10.8 Å². The van der Waals surface area contributed by atoms with E-state index in [0.29, 0.717) is 17.2 Å². The van der Waals surface area contributed by atoms with E-state index in [9.17, 15) is 14.7 Å². The van der Waals surface area contributed by atoms with Gasteiger partial charge in [0.05, 0.1) is 13.7 Å². The standard InChI is InChI=1S/C22H20O5/c1-3-27-22(25)20(23)17-13-18(26-2)21(24)19-15(10-7-11-16(17)19)12-14-8-5-4-6-9-14/h4-11,13,24H,3,12H2,1-2H3. The van der Waals surface area contributed by atoms with Gasteiger partial charge in [0.15, 0.2) is 11.5 Å². The first-order valence-electron chi connectivity index (χ1n) is 8.63. The summed E-state index contributed by atoms with van der Waals surface area (Å²) in [5.74, 6) is -1.62. The van der Waals surface area contributed by atoms with Crippen molar-refractivity contribution in [2.75, 3.05) is 13.7 Å². The Morgan fingerprint density at radius 3 is 2.44 bits per heavy atom. The Labute approximate surface area is 157 Å². The molecule has 0 saturated heterocycles. The Balaban J connectivity index is 2.21. The fourth-order valence-corrected chi connectivity index (χ4v) is 3.12. The van der Waals surface area contributed by atoms with Gasteiger partial charge in [-0.1, -0.05) is 48.5 Å². The molecule has 0 atom stereocenters. The molecule has 138 valence electrons. The number of hydrogen-bond acceptors (Lipinski definition) is 5. The second kappa shape index (κ2) is 7.91.